The molecule has 1 aliphatic rings. The van der Waals surface area contributed by atoms with Crippen LogP contribution in [-0.4, -0.2) is 70.6 Å². The molecule has 5 rings (SSSR count). The largest absolute Gasteiger partial charge is 0.444 e. The molecule has 1 saturated heterocycles. The summed E-state index contributed by atoms with van der Waals surface area (Å²) in [6.07, 6.45) is 3.06. The van der Waals surface area contributed by atoms with Crippen molar-refractivity contribution in [2.45, 2.75) is 38.5 Å². The van der Waals surface area contributed by atoms with Crippen molar-refractivity contribution < 1.29 is 23.9 Å². The standard InChI is InChI=1S/C30H33N5O5S/c1-30(2,3)40-29(38)32-25(21-13-9-6-10-14-21)27(37)35-15-16-39-19-22(35)26(36)33(4)24-18-34-17-23(41-28(34)31-24)20-11-7-5-8-12-20/h5-14,17-18,22,25H,15-16,19H2,1-4H3,(H,32,38). The quantitative estimate of drug-likeness (QED) is 0.363. The number of alkyl carbamates (subject to hydrolysis) is 1. The lowest BCUT2D eigenvalue weighted by molar-refractivity contribution is -0.149. The smallest absolute Gasteiger partial charge is 0.408 e. The van der Waals surface area contributed by atoms with Gasteiger partial charge in [-0.1, -0.05) is 72.0 Å². The van der Waals surface area contributed by atoms with Crippen LogP contribution in [0.4, 0.5) is 10.6 Å². The highest BCUT2D eigenvalue weighted by molar-refractivity contribution is 7.20. The Morgan fingerprint density at radius 1 is 1.07 bits per heavy atom. The number of imidazole rings is 1. The number of benzene rings is 2. The highest BCUT2D eigenvalue weighted by Crippen LogP contribution is 2.30. The van der Waals surface area contributed by atoms with Crippen LogP contribution in [0.1, 0.15) is 32.4 Å². The van der Waals surface area contributed by atoms with Crippen LogP contribution in [0.3, 0.4) is 0 Å². The average Bonchev–Trinajstić information content (AvgIpc) is 3.55. The summed E-state index contributed by atoms with van der Waals surface area (Å²) in [6, 6.07) is 17.0. The van der Waals surface area contributed by atoms with Crippen LogP contribution >= 0.6 is 11.3 Å². The first-order chi connectivity index (χ1) is 19.6. The number of nitrogens with zero attached hydrogens (tertiary/aromatic N) is 4. The topological polar surface area (TPSA) is 105 Å². The minimum Gasteiger partial charge on any atom is -0.444 e. The monoisotopic (exact) mass is 575 g/mol. The third-order valence-corrected chi connectivity index (χ3v) is 7.66. The first kappa shape index (κ1) is 28.3. The van der Waals surface area contributed by atoms with E-state index >= 15 is 0 Å². The molecule has 0 bridgehead atoms. The van der Waals surface area contributed by atoms with Gasteiger partial charge in [0.1, 0.15) is 17.7 Å². The van der Waals surface area contributed by atoms with Crippen LogP contribution in [0, 0.1) is 0 Å². The molecule has 0 aliphatic carbocycles. The number of nitrogens with one attached hydrogen (secondary N) is 1. The molecule has 1 aliphatic heterocycles. The minimum absolute atomic E-state index is 0.0310. The van der Waals surface area contributed by atoms with E-state index in [1.54, 1.807) is 58.3 Å². The van der Waals surface area contributed by atoms with Gasteiger partial charge in [0, 0.05) is 19.8 Å². The van der Waals surface area contributed by atoms with Crippen LogP contribution in [0.15, 0.2) is 73.1 Å². The third-order valence-electron chi connectivity index (χ3n) is 6.61. The molecule has 2 unspecified atom stereocenters. The fourth-order valence-electron chi connectivity index (χ4n) is 4.61. The van der Waals surface area contributed by atoms with Gasteiger partial charge in [-0.15, -0.1) is 0 Å². The van der Waals surface area contributed by atoms with Crippen LogP contribution in [0.25, 0.3) is 15.4 Å². The fraction of sp³-hybridized carbons (Fsp3) is 0.333. The number of ether oxygens (including phenoxy) is 2. The van der Waals surface area contributed by atoms with Crippen molar-refractivity contribution in [3.8, 4) is 10.4 Å². The van der Waals surface area contributed by atoms with Gasteiger partial charge in [-0.2, -0.15) is 0 Å². The Balaban J connectivity index is 1.37. The van der Waals surface area contributed by atoms with Crippen molar-refractivity contribution in [3.05, 3.63) is 78.6 Å². The molecule has 214 valence electrons. The van der Waals surface area contributed by atoms with Crippen molar-refractivity contribution >= 4 is 40.0 Å². The van der Waals surface area contributed by atoms with Crippen molar-refractivity contribution in [1.29, 1.82) is 0 Å². The predicted molar refractivity (Wildman–Crippen MR) is 157 cm³/mol. The second kappa shape index (κ2) is 11.7. The Morgan fingerprint density at radius 2 is 1.76 bits per heavy atom. The summed E-state index contributed by atoms with van der Waals surface area (Å²) in [4.78, 5) is 49.8. The Bertz CT molecular complexity index is 1500. The van der Waals surface area contributed by atoms with E-state index in [0.717, 1.165) is 15.4 Å². The molecule has 41 heavy (non-hydrogen) atoms. The lowest BCUT2D eigenvalue weighted by Gasteiger charge is -2.38. The van der Waals surface area contributed by atoms with Gasteiger partial charge < -0.3 is 19.7 Å². The SMILES string of the molecule is CN(C(=O)C1COCCN1C(=O)C(NC(=O)OC(C)(C)C)c1ccccc1)c1cn2cc(-c3ccccc3)sc2n1. The number of amides is 3. The Kier molecular flexibility index (Phi) is 8.09. The van der Waals surface area contributed by atoms with E-state index in [1.807, 2.05) is 47.0 Å². The van der Waals surface area contributed by atoms with Gasteiger partial charge in [-0.05, 0) is 31.9 Å². The number of hydrogen-bond acceptors (Lipinski definition) is 7. The van der Waals surface area contributed by atoms with Crippen molar-refractivity contribution in [2.24, 2.45) is 0 Å². The van der Waals surface area contributed by atoms with Gasteiger partial charge in [0.15, 0.2) is 10.8 Å². The number of anilines is 1. The molecule has 1 N–H and O–H groups in total. The molecule has 0 spiro atoms. The molecular weight excluding hydrogens is 542 g/mol. The van der Waals surface area contributed by atoms with Crippen molar-refractivity contribution in [1.82, 2.24) is 19.6 Å². The number of hydrogen-bond donors (Lipinski definition) is 1. The van der Waals surface area contributed by atoms with Gasteiger partial charge in [0.25, 0.3) is 11.8 Å². The van der Waals surface area contributed by atoms with E-state index in [-0.39, 0.29) is 25.7 Å². The van der Waals surface area contributed by atoms with Gasteiger partial charge in [-0.25, -0.2) is 9.78 Å². The number of rotatable bonds is 6. The Hall–Kier alpha value is -4.22. The molecule has 2 aromatic carbocycles. The zero-order valence-electron chi connectivity index (χ0n) is 23.4. The average molecular weight is 576 g/mol. The molecule has 3 amide bonds. The number of aromatic nitrogens is 2. The molecule has 11 heteroatoms. The van der Waals surface area contributed by atoms with Crippen LogP contribution in [0.2, 0.25) is 0 Å². The van der Waals surface area contributed by atoms with Crippen molar-refractivity contribution in [3.63, 3.8) is 0 Å². The van der Waals surface area contributed by atoms with Crippen LogP contribution < -0.4 is 10.2 Å². The molecule has 2 atom stereocenters. The highest BCUT2D eigenvalue weighted by Gasteiger charge is 2.39. The summed E-state index contributed by atoms with van der Waals surface area (Å²) in [5, 5.41) is 2.71. The summed E-state index contributed by atoms with van der Waals surface area (Å²) in [5.41, 5.74) is 0.933. The van der Waals surface area contributed by atoms with Gasteiger partial charge in [0.2, 0.25) is 0 Å². The Labute approximate surface area is 242 Å². The molecule has 0 radical (unpaired) electrons. The number of likely N-dealkylation sites (N-methyl/N-ethyl adjacent to an activating group) is 1. The lowest BCUT2D eigenvalue weighted by atomic mass is 10.0. The number of morpholine rings is 1. The van der Waals surface area contributed by atoms with E-state index < -0.39 is 29.7 Å². The second-order valence-corrected chi connectivity index (χ2v) is 11.8. The summed E-state index contributed by atoms with van der Waals surface area (Å²) in [7, 11) is 1.64. The molecule has 3 heterocycles. The van der Waals surface area contributed by atoms with E-state index in [9.17, 15) is 14.4 Å². The lowest BCUT2D eigenvalue weighted by Crippen LogP contribution is -2.58. The number of fused-ring (bicyclic) bond motifs is 1. The third kappa shape index (κ3) is 6.41. The summed E-state index contributed by atoms with van der Waals surface area (Å²) in [6.45, 7) is 5.75. The molecular formula is C30H33N5O5S. The van der Waals surface area contributed by atoms with E-state index in [0.29, 0.717) is 11.4 Å². The summed E-state index contributed by atoms with van der Waals surface area (Å²) < 4.78 is 13.0. The van der Waals surface area contributed by atoms with Gasteiger partial charge in [-0.3, -0.25) is 18.9 Å². The second-order valence-electron chi connectivity index (χ2n) is 10.8. The predicted octanol–water partition coefficient (Wildman–Crippen LogP) is 4.52. The number of thiazole rings is 1. The fourth-order valence-corrected chi connectivity index (χ4v) is 5.58. The summed E-state index contributed by atoms with van der Waals surface area (Å²) in [5.74, 6) is -0.295. The maximum absolute atomic E-state index is 14.0. The van der Waals surface area contributed by atoms with E-state index in [1.165, 1.54) is 21.1 Å². The van der Waals surface area contributed by atoms with Gasteiger partial charge >= 0.3 is 6.09 Å². The number of carbonyl (C=O) groups is 3. The summed E-state index contributed by atoms with van der Waals surface area (Å²) >= 11 is 1.52. The zero-order chi connectivity index (χ0) is 29.1. The maximum atomic E-state index is 14.0. The van der Waals surface area contributed by atoms with E-state index in [2.05, 4.69) is 10.3 Å². The molecule has 10 nitrogen and oxygen atoms in total. The first-order valence-electron chi connectivity index (χ1n) is 13.3. The Morgan fingerprint density at radius 3 is 2.41 bits per heavy atom. The first-order valence-corrected chi connectivity index (χ1v) is 14.2. The maximum Gasteiger partial charge on any atom is 0.408 e. The molecule has 4 aromatic rings. The van der Waals surface area contributed by atoms with E-state index in [4.69, 9.17) is 9.47 Å². The molecule has 2 aromatic heterocycles. The van der Waals surface area contributed by atoms with Crippen molar-refractivity contribution in [2.75, 3.05) is 31.7 Å². The minimum atomic E-state index is -1.04. The molecule has 0 saturated carbocycles. The molecule has 1 fully saturated rings. The van der Waals surface area contributed by atoms with Crippen LogP contribution in [0.5, 0.6) is 0 Å². The zero-order valence-corrected chi connectivity index (χ0v) is 24.3. The van der Waals surface area contributed by atoms with Gasteiger partial charge in [0.05, 0.1) is 24.3 Å². The number of carbonyl (C=O) groups excluding carboxylic acids is 3. The van der Waals surface area contributed by atoms with Crippen LogP contribution in [-0.2, 0) is 19.1 Å². The normalized spacial score (nSPS) is 16.3. The highest BCUT2D eigenvalue weighted by atomic mass is 32.1.